The van der Waals surface area contributed by atoms with Gasteiger partial charge in [0.15, 0.2) is 9.84 Å². The highest BCUT2D eigenvalue weighted by Gasteiger charge is 2.16. The number of rotatable bonds is 6. The molecule has 0 aromatic carbocycles. The average molecular weight is 209 g/mol. The summed E-state index contributed by atoms with van der Waals surface area (Å²) in [6, 6.07) is 0. The van der Waals surface area contributed by atoms with Crippen molar-refractivity contribution in [1.82, 2.24) is 5.32 Å². The minimum Gasteiger partial charge on any atom is -0.394 e. The minimum absolute atomic E-state index is 0.000821. The summed E-state index contributed by atoms with van der Waals surface area (Å²) >= 11 is 0. The molecule has 13 heavy (non-hydrogen) atoms. The lowest BCUT2D eigenvalue weighted by atomic mass is 10.1. The van der Waals surface area contributed by atoms with Gasteiger partial charge in [0.1, 0.15) is 0 Å². The number of hydrogen-bond acceptors (Lipinski definition) is 4. The van der Waals surface area contributed by atoms with Crippen LogP contribution >= 0.6 is 0 Å². The van der Waals surface area contributed by atoms with Gasteiger partial charge in [-0.25, -0.2) is 8.42 Å². The molecule has 0 spiro atoms. The molecule has 0 radical (unpaired) electrons. The molecule has 0 saturated heterocycles. The second-order valence-corrected chi connectivity index (χ2v) is 6.18. The summed E-state index contributed by atoms with van der Waals surface area (Å²) in [6.07, 6.45) is 0. The van der Waals surface area contributed by atoms with Gasteiger partial charge in [-0.1, -0.05) is 6.92 Å². The van der Waals surface area contributed by atoms with E-state index in [1.165, 1.54) is 0 Å². The van der Waals surface area contributed by atoms with Crippen LogP contribution in [0.5, 0.6) is 0 Å². The van der Waals surface area contributed by atoms with Gasteiger partial charge in [0.2, 0.25) is 0 Å². The minimum atomic E-state index is -2.89. The lowest BCUT2D eigenvalue weighted by Crippen LogP contribution is -2.44. The molecular formula is C8H19NO3S. The van der Waals surface area contributed by atoms with Crippen LogP contribution in [0.1, 0.15) is 20.8 Å². The second kappa shape index (κ2) is 4.93. The number of hydrogen-bond donors (Lipinski definition) is 2. The van der Waals surface area contributed by atoms with E-state index in [2.05, 4.69) is 5.32 Å². The first kappa shape index (κ1) is 12.9. The summed E-state index contributed by atoms with van der Waals surface area (Å²) in [7, 11) is -2.89. The molecule has 0 aliphatic carbocycles. The lowest BCUT2D eigenvalue weighted by molar-refractivity contribution is 0.191. The Morgan fingerprint density at radius 1 is 1.38 bits per heavy atom. The van der Waals surface area contributed by atoms with Crippen LogP contribution < -0.4 is 5.32 Å². The van der Waals surface area contributed by atoms with E-state index in [9.17, 15) is 8.42 Å². The third-order valence-electron chi connectivity index (χ3n) is 1.85. The van der Waals surface area contributed by atoms with Crippen molar-refractivity contribution in [2.45, 2.75) is 26.3 Å². The van der Waals surface area contributed by atoms with Gasteiger partial charge in [-0.3, -0.25) is 0 Å². The maximum absolute atomic E-state index is 11.1. The topological polar surface area (TPSA) is 66.4 Å². The van der Waals surface area contributed by atoms with E-state index in [1.807, 2.05) is 13.8 Å². The molecule has 0 heterocycles. The molecule has 0 bridgehead atoms. The van der Waals surface area contributed by atoms with Crippen molar-refractivity contribution in [2.24, 2.45) is 0 Å². The van der Waals surface area contributed by atoms with Crippen LogP contribution in [0, 0.1) is 0 Å². The van der Waals surface area contributed by atoms with Gasteiger partial charge < -0.3 is 10.4 Å². The zero-order chi connectivity index (χ0) is 10.5. The Morgan fingerprint density at radius 2 is 1.92 bits per heavy atom. The van der Waals surface area contributed by atoms with E-state index >= 15 is 0 Å². The molecule has 0 aromatic rings. The predicted molar refractivity (Wildman–Crippen MR) is 53.5 cm³/mol. The molecule has 0 aliphatic rings. The molecule has 0 fully saturated rings. The van der Waals surface area contributed by atoms with E-state index in [4.69, 9.17) is 5.11 Å². The van der Waals surface area contributed by atoms with E-state index in [0.717, 1.165) is 0 Å². The second-order valence-electron chi connectivity index (χ2n) is 3.71. The third kappa shape index (κ3) is 6.01. The maximum Gasteiger partial charge on any atom is 0.151 e. The van der Waals surface area contributed by atoms with Crippen molar-refractivity contribution < 1.29 is 13.5 Å². The van der Waals surface area contributed by atoms with Gasteiger partial charge in [-0.15, -0.1) is 0 Å². The molecule has 0 aromatic heterocycles. The van der Waals surface area contributed by atoms with E-state index in [0.29, 0.717) is 6.54 Å². The number of sulfone groups is 1. The fraction of sp³-hybridized carbons (Fsp3) is 1.00. The summed E-state index contributed by atoms with van der Waals surface area (Å²) in [4.78, 5) is 0. The summed E-state index contributed by atoms with van der Waals surface area (Å²) in [5.74, 6) is 0.307. The number of nitrogens with one attached hydrogen (secondary N) is 1. The van der Waals surface area contributed by atoms with Gasteiger partial charge in [-0.2, -0.15) is 0 Å². The predicted octanol–water partition coefficient (Wildman–Crippen LogP) is -0.218. The van der Waals surface area contributed by atoms with E-state index in [1.54, 1.807) is 6.92 Å². The van der Waals surface area contributed by atoms with Crippen LogP contribution in [0.25, 0.3) is 0 Å². The van der Waals surface area contributed by atoms with Crippen molar-refractivity contribution >= 4 is 9.84 Å². The Bertz CT molecular complexity index is 234. The van der Waals surface area contributed by atoms with Crippen LogP contribution in [0.4, 0.5) is 0 Å². The highest BCUT2D eigenvalue weighted by Crippen LogP contribution is 1.99. The Morgan fingerprint density at radius 3 is 2.31 bits per heavy atom. The summed E-state index contributed by atoms with van der Waals surface area (Å²) in [5, 5.41) is 11.8. The maximum atomic E-state index is 11.1. The highest BCUT2D eigenvalue weighted by atomic mass is 32.2. The van der Waals surface area contributed by atoms with E-state index < -0.39 is 15.4 Å². The highest BCUT2D eigenvalue weighted by molar-refractivity contribution is 7.91. The smallest absolute Gasteiger partial charge is 0.151 e. The van der Waals surface area contributed by atoms with E-state index in [-0.39, 0.29) is 18.1 Å². The van der Waals surface area contributed by atoms with Gasteiger partial charge in [-0.05, 0) is 13.8 Å². The van der Waals surface area contributed by atoms with Crippen molar-refractivity contribution in [2.75, 3.05) is 24.7 Å². The van der Waals surface area contributed by atoms with Gasteiger partial charge in [0.05, 0.1) is 12.4 Å². The van der Waals surface area contributed by atoms with Crippen molar-refractivity contribution in [3.05, 3.63) is 0 Å². The quantitative estimate of drug-likeness (QED) is 0.635. The Hall–Kier alpha value is -0.130. The molecule has 4 nitrogen and oxygen atoms in total. The largest absolute Gasteiger partial charge is 0.394 e. The van der Waals surface area contributed by atoms with Gasteiger partial charge in [0, 0.05) is 17.8 Å². The average Bonchev–Trinajstić information content (AvgIpc) is 2.04. The molecule has 0 saturated carbocycles. The summed E-state index contributed by atoms with van der Waals surface area (Å²) in [6.45, 7) is 5.67. The Kier molecular flexibility index (Phi) is 4.88. The fourth-order valence-corrected chi connectivity index (χ4v) is 1.45. The zero-order valence-electron chi connectivity index (χ0n) is 8.50. The number of aliphatic hydroxyl groups is 1. The van der Waals surface area contributed by atoms with Crippen LogP contribution in [0.2, 0.25) is 0 Å². The first-order valence-corrected chi connectivity index (χ1v) is 6.21. The molecule has 0 amide bonds. The molecule has 0 atom stereocenters. The fourth-order valence-electron chi connectivity index (χ4n) is 0.745. The molecule has 0 unspecified atom stereocenters. The molecule has 80 valence electrons. The molecule has 2 N–H and O–H groups in total. The van der Waals surface area contributed by atoms with Crippen LogP contribution in [-0.2, 0) is 9.84 Å². The molecule has 0 rings (SSSR count). The zero-order valence-corrected chi connectivity index (χ0v) is 9.32. The normalized spacial score (nSPS) is 13.2. The number of aliphatic hydroxyl groups excluding tert-OH is 1. The Labute approximate surface area is 80.3 Å². The standard InChI is InChI=1S/C8H19NO3S/c1-4-13(11,12)6-5-9-8(2,3)7-10/h9-10H,4-7H2,1-3H3. The SMILES string of the molecule is CCS(=O)(=O)CCNC(C)(C)CO. The molecular weight excluding hydrogens is 190 g/mol. The first-order valence-electron chi connectivity index (χ1n) is 4.39. The lowest BCUT2D eigenvalue weighted by Gasteiger charge is -2.23. The first-order chi connectivity index (χ1) is 5.83. The Balaban J connectivity index is 3.81. The summed E-state index contributed by atoms with van der Waals surface area (Å²) < 4.78 is 22.1. The van der Waals surface area contributed by atoms with Crippen molar-refractivity contribution in [3.63, 3.8) is 0 Å². The van der Waals surface area contributed by atoms with Crippen LogP contribution in [0.3, 0.4) is 0 Å². The molecule has 5 heteroatoms. The van der Waals surface area contributed by atoms with Gasteiger partial charge >= 0.3 is 0 Å². The van der Waals surface area contributed by atoms with Crippen molar-refractivity contribution in [3.8, 4) is 0 Å². The summed E-state index contributed by atoms with van der Waals surface area (Å²) in [5.41, 5.74) is -0.400. The third-order valence-corrected chi connectivity index (χ3v) is 3.56. The van der Waals surface area contributed by atoms with Crippen LogP contribution in [-0.4, -0.2) is 43.7 Å². The van der Waals surface area contributed by atoms with Gasteiger partial charge in [0.25, 0.3) is 0 Å². The monoisotopic (exact) mass is 209 g/mol. The molecule has 0 aliphatic heterocycles. The van der Waals surface area contributed by atoms with Crippen molar-refractivity contribution in [1.29, 1.82) is 0 Å². The van der Waals surface area contributed by atoms with Crippen LogP contribution in [0.15, 0.2) is 0 Å².